The first-order valence-corrected chi connectivity index (χ1v) is 5.36. The van der Waals surface area contributed by atoms with Crippen molar-refractivity contribution >= 4 is 0 Å². The van der Waals surface area contributed by atoms with Gasteiger partial charge in [-0.1, -0.05) is 32.4 Å². The highest BCUT2D eigenvalue weighted by atomic mass is 15.0. The third-order valence-electron chi connectivity index (χ3n) is 2.68. The summed E-state index contributed by atoms with van der Waals surface area (Å²) in [6.07, 6.45) is 3.34. The van der Waals surface area contributed by atoms with Gasteiger partial charge in [0.25, 0.3) is 0 Å². The highest BCUT2D eigenvalue weighted by molar-refractivity contribution is 5.23. The van der Waals surface area contributed by atoms with Crippen LogP contribution in [0.2, 0.25) is 0 Å². The number of fused-ring (bicyclic) bond motifs is 1. The zero-order valence-electron chi connectivity index (χ0n) is 8.88. The summed E-state index contributed by atoms with van der Waals surface area (Å²) in [6, 6.07) is 4.42. The van der Waals surface area contributed by atoms with Crippen molar-refractivity contribution in [3.05, 3.63) is 34.0 Å². The molecule has 0 fully saturated rings. The lowest BCUT2D eigenvalue weighted by molar-refractivity contribution is 0.900. The second kappa shape index (κ2) is 3.91. The first-order valence-electron chi connectivity index (χ1n) is 5.36. The molecule has 2 heteroatoms. The molecule has 1 heterocycles. The van der Waals surface area contributed by atoms with E-state index < -0.39 is 0 Å². The van der Waals surface area contributed by atoms with Crippen LogP contribution in [0.3, 0.4) is 0 Å². The number of hydrogen-bond acceptors (Lipinski definition) is 2. The van der Waals surface area contributed by atoms with Crippen LogP contribution in [0.15, 0.2) is 22.1 Å². The van der Waals surface area contributed by atoms with Crippen LogP contribution in [0.25, 0.3) is 0 Å². The number of rotatable bonds is 3. The minimum atomic E-state index is 0.628. The Morgan fingerprint density at radius 3 is 2.36 bits per heavy atom. The van der Waals surface area contributed by atoms with Crippen molar-refractivity contribution in [2.45, 2.75) is 33.1 Å². The largest absolute Gasteiger partial charge is 0.259 e. The van der Waals surface area contributed by atoms with Crippen molar-refractivity contribution < 1.29 is 0 Å². The summed E-state index contributed by atoms with van der Waals surface area (Å²) >= 11 is 0. The zero-order chi connectivity index (χ0) is 9.97. The van der Waals surface area contributed by atoms with Gasteiger partial charge in [0.15, 0.2) is 0 Å². The van der Waals surface area contributed by atoms with Crippen molar-refractivity contribution in [2.24, 2.45) is 9.98 Å². The molecular weight excluding hydrogens is 172 g/mol. The van der Waals surface area contributed by atoms with E-state index in [1.54, 1.807) is 0 Å². The van der Waals surface area contributed by atoms with E-state index in [0.29, 0.717) is 6.67 Å². The quantitative estimate of drug-likeness (QED) is 0.685. The van der Waals surface area contributed by atoms with Gasteiger partial charge >= 0.3 is 0 Å². The number of nitrogens with zero attached hydrogens (tertiary/aromatic N) is 2. The van der Waals surface area contributed by atoms with Crippen molar-refractivity contribution in [3.63, 3.8) is 0 Å². The van der Waals surface area contributed by atoms with E-state index in [9.17, 15) is 0 Å². The summed E-state index contributed by atoms with van der Waals surface area (Å²) in [5, 5.41) is 2.31. The lowest BCUT2D eigenvalue weighted by atomic mass is 10.0. The Balaban J connectivity index is 2.61. The molecule has 0 bridgehead atoms. The van der Waals surface area contributed by atoms with Gasteiger partial charge in [0.05, 0.1) is 10.7 Å². The predicted molar refractivity (Wildman–Crippen MR) is 57.0 cm³/mol. The van der Waals surface area contributed by atoms with Crippen LogP contribution in [0.4, 0.5) is 0 Å². The Morgan fingerprint density at radius 1 is 1.07 bits per heavy atom. The minimum absolute atomic E-state index is 0.628. The molecule has 1 aliphatic heterocycles. The van der Waals surface area contributed by atoms with E-state index >= 15 is 0 Å². The maximum Gasteiger partial charge on any atom is 0.130 e. The van der Waals surface area contributed by atoms with Crippen LogP contribution >= 0.6 is 0 Å². The highest BCUT2D eigenvalue weighted by Gasteiger charge is 2.06. The van der Waals surface area contributed by atoms with Gasteiger partial charge in [-0.05, 0) is 24.0 Å². The smallest absolute Gasteiger partial charge is 0.130 e. The minimum Gasteiger partial charge on any atom is -0.259 e. The van der Waals surface area contributed by atoms with Gasteiger partial charge < -0.3 is 0 Å². The van der Waals surface area contributed by atoms with E-state index in [1.165, 1.54) is 17.5 Å². The molecule has 0 aromatic heterocycles. The molecule has 0 amide bonds. The zero-order valence-corrected chi connectivity index (χ0v) is 8.88. The summed E-state index contributed by atoms with van der Waals surface area (Å²) in [6.45, 7) is 5.00. The molecule has 1 aliphatic rings. The number of benzene rings is 1. The molecule has 0 atom stereocenters. The summed E-state index contributed by atoms with van der Waals surface area (Å²) in [5.41, 5.74) is 2.70. The Hall–Kier alpha value is -1.18. The van der Waals surface area contributed by atoms with E-state index in [2.05, 4.69) is 36.0 Å². The normalized spacial score (nSPS) is 13.3. The summed E-state index contributed by atoms with van der Waals surface area (Å²) < 4.78 is 0. The van der Waals surface area contributed by atoms with Gasteiger partial charge in [0.1, 0.15) is 6.67 Å². The van der Waals surface area contributed by atoms with E-state index in [1.807, 2.05) is 0 Å². The molecule has 0 spiro atoms. The monoisotopic (exact) mass is 188 g/mol. The molecule has 14 heavy (non-hydrogen) atoms. The lowest BCUT2D eigenvalue weighted by Gasteiger charge is -2.01. The topological polar surface area (TPSA) is 24.7 Å². The van der Waals surface area contributed by atoms with Crippen LogP contribution in [0.1, 0.15) is 31.4 Å². The standard InChI is InChI=1S/C12H16N2/c1-3-5-10-7-6-9(4-2)11-12(10)14-8-13-11/h6-7H,3-5,8H2,1-2H3. The second-order valence-electron chi connectivity index (χ2n) is 3.64. The molecule has 1 aromatic rings. The third kappa shape index (κ3) is 1.45. The molecule has 1 aromatic carbocycles. The van der Waals surface area contributed by atoms with Crippen LogP contribution in [-0.2, 0) is 12.8 Å². The molecule has 0 saturated heterocycles. The Kier molecular flexibility index (Phi) is 2.62. The summed E-state index contributed by atoms with van der Waals surface area (Å²) in [7, 11) is 0. The van der Waals surface area contributed by atoms with Gasteiger partial charge in [-0.2, -0.15) is 0 Å². The first kappa shape index (κ1) is 9.38. The SMILES string of the molecule is CCCc1ccc(CC)c2c1=NCN=2. The average Bonchev–Trinajstić information content (AvgIpc) is 2.67. The predicted octanol–water partition coefficient (Wildman–Crippen LogP) is 1.41. The molecule has 0 N–H and O–H groups in total. The molecule has 0 unspecified atom stereocenters. The van der Waals surface area contributed by atoms with Crippen LogP contribution < -0.4 is 10.7 Å². The van der Waals surface area contributed by atoms with Crippen molar-refractivity contribution in [1.82, 2.24) is 0 Å². The molecule has 2 nitrogen and oxygen atoms in total. The van der Waals surface area contributed by atoms with E-state index in [0.717, 1.165) is 23.6 Å². The Bertz CT molecular complexity index is 446. The fraction of sp³-hybridized carbons (Fsp3) is 0.500. The Labute approximate surface area is 84.4 Å². The third-order valence-corrected chi connectivity index (χ3v) is 2.68. The summed E-state index contributed by atoms with van der Waals surface area (Å²) in [4.78, 5) is 8.91. The molecule has 0 saturated carbocycles. The van der Waals surface area contributed by atoms with Gasteiger partial charge in [-0.3, -0.25) is 9.98 Å². The van der Waals surface area contributed by atoms with Crippen molar-refractivity contribution in [3.8, 4) is 0 Å². The van der Waals surface area contributed by atoms with Gasteiger partial charge in [0.2, 0.25) is 0 Å². The number of hydrogen-bond donors (Lipinski definition) is 0. The fourth-order valence-corrected chi connectivity index (χ4v) is 1.95. The van der Waals surface area contributed by atoms with Crippen LogP contribution in [-0.4, -0.2) is 6.67 Å². The van der Waals surface area contributed by atoms with Crippen LogP contribution in [0.5, 0.6) is 0 Å². The lowest BCUT2D eigenvalue weighted by Crippen LogP contribution is -2.29. The first-order chi connectivity index (χ1) is 6.86. The fourth-order valence-electron chi connectivity index (χ4n) is 1.95. The van der Waals surface area contributed by atoms with Gasteiger partial charge in [0, 0.05) is 0 Å². The molecular formula is C12H16N2. The maximum absolute atomic E-state index is 4.46. The van der Waals surface area contributed by atoms with Gasteiger partial charge in [-0.15, -0.1) is 0 Å². The van der Waals surface area contributed by atoms with E-state index in [-0.39, 0.29) is 0 Å². The molecule has 2 rings (SSSR count). The number of aryl methyl sites for hydroxylation is 2. The van der Waals surface area contributed by atoms with Gasteiger partial charge in [-0.25, -0.2) is 0 Å². The summed E-state index contributed by atoms with van der Waals surface area (Å²) in [5.74, 6) is 0. The molecule has 0 radical (unpaired) electrons. The average molecular weight is 188 g/mol. The molecule has 74 valence electrons. The molecule has 0 aliphatic carbocycles. The van der Waals surface area contributed by atoms with Crippen molar-refractivity contribution in [2.75, 3.05) is 6.67 Å². The second-order valence-corrected chi connectivity index (χ2v) is 3.64. The van der Waals surface area contributed by atoms with E-state index in [4.69, 9.17) is 0 Å². The Morgan fingerprint density at radius 2 is 1.71 bits per heavy atom. The maximum atomic E-state index is 4.46. The van der Waals surface area contributed by atoms with Crippen molar-refractivity contribution in [1.29, 1.82) is 0 Å². The van der Waals surface area contributed by atoms with Crippen LogP contribution in [0, 0.1) is 0 Å². The highest BCUT2D eigenvalue weighted by Crippen LogP contribution is 2.00.